The largest absolute Gasteiger partial charge is 0.314 e. The van der Waals surface area contributed by atoms with Crippen molar-refractivity contribution in [1.82, 2.24) is 10.2 Å². The van der Waals surface area contributed by atoms with E-state index in [0.717, 1.165) is 12.0 Å². The van der Waals surface area contributed by atoms with E-state index in [9.17, 15) is 0 Å². The zero-order valence-corrected chi connectivity index (χ0v) is 11.5. The van der Waals surface area contributed by atoms with E-state index in [2.05, 4.69) is 31.1 Å². The molecule has 1 unspecified atom stereocenters. The normalized spacial score (nSPS) is 18.0. The Hall–Kier alpha value is -0.0800. The summed E-state index contributed by atoms with van der Waals surface area (Å²) in [5.74, 6) is 1.03. The van der Waals surface area contributed by atoms with Gasteiger partial charge in [-0.15, -0.1) is 0 Å². The van der Waals surface area contributed by atoms with Gasteiger partial charge in [-0.05, 0) is 64.6 Å². The third-order valence-corrected chi connectivity index (χ3v) is 3.54. The summed E-state index contributed by atoms with van der Waals surface area (Å²) >= 11 is 0. The Morgan fingerprint density at radius 2 is 2.06 bits per heavy atom. The Labute approximate surface area is 102 Å². The van der Waals surface area contributed by atoms with Crippen LogP contribution in [0.25, 0.3) is 0 Å². The Morgan fingerprint density at radius 3 is 2.62 bits per heavy atom. The minimum atomic E-state index is 0.745. The zero-order valence-electron chi connectivity index (χ0n) is 11.5. The second-order valence-corrected chi connectivity index (χ2v) is 5.41. The molecule has 2 nitrogen and oxygen atoms in total. The SMILES string of the molecule is CCCNC(CC)CCCN(C)CC1CC1. The quantitative estimate of drug-likeness (QED) is 0.616. The number of hydrogen-bond donors (Lipinski definition) is 1. The van der Waals surface area contributed by atoms with Crippen LogP contribution >= 0.6 is 0 Å². The Balaban J connectivity index is 1.97. The molecule has 1 rings (SSSR count). The minimum absolute atomic E-state index is 0.745. The highest BCUT2D eigenvalue weighted by Gasteiger charge is 2.22. The first-order chi connectivity index (χ1) is 7.76. The van der Waals surface area contributed by atoms with Crippen molar-refractivity contribution in [3.8, 4) is 0 Å². The summed E-state index contributed by atoms with van der Waals surface area (Å²) < 4.78 is 0. The molecule has 0 aromatic carbocycles. The van der Waals surface area contributed by atoms with Crippen molar-refractivity contribution in [2.75, 3.05) is 26.7 Å². The fourth-order valence-corrected chi connectivity index (χ4v) is 2.24. The topological polar surface area (TPSA) is 15.3 Å². The maximum Gasteiger partial charge on any atom is 0.00649 e. The molecule has 0 aromatic rings. The standard InChI is InChI=1S/C14H30N2/c1-4-10-15-14(5-2)7-6-11-16(3)12-13-8-9-13/h13-15H,4-12H2,1-3H3. The van der Waals surface area contributed by atoms with Crippen molar-refractivity contribution in [3.63, 3.8) is 0 Å². The van der Waals surface area contributed by atoms with Gasteiger partial charge in [0.25, 0.3) is 0 Å². The lowest BCUT2D eigenvalue weighted by atomic mass is 10.1. The molecule has 1 N–H and O–H groups in total. The molecule has 1 aliphatic rings. The van der Waals surface area contributed by atoms with Crippen molar-refractivity contribution < 1.29 is 0 Å². The van der Waals surface area contributed by atoms with Crippen molar-refractivity contribution >= 4 is 0 Å². The third kappa shape index (κ3) is 6.49. The average molecular weight is 226 g/mol. The van der Waals surface area contributed by atoms with Crippen molar-refractivity contribution in [1.29, 1.82) is 0 Å². The van der Waals surface area contributed by atoms with Gasteiger partial charge in [0.2, 0.25) is 0 Å². The first kappa shape index (κ1) is 14.0. The van der Waals surface area contributed by atoms with Crippen LogP contribution in [0.1, 0.15) is 52.4 Å². The van der Waals surface area contributed by atoms with Gasteiger partial charge in [0, 0.05) is 12.6 Å². The maximum atomic E-state index is 3.63. The van der Waals surface area contributed by atoms with Gasteiger partial charge in [0.1, 0.15) is 0 Å². The van der Waals surface area contributed by atoms with Crippen molar-refractivity contribution in [3.05, 3.63) is 0 Å². The number of nitrogens with zero attached hydrogens (tertiary/aromatic N) is 1. The van der Waals surface area contributed by atoms with Crippen LogP contribution in [0.3, 0.4) is 0 Å². The lowest BCUT2D eigenvalue weighted by molar-refractivity contribution is 0.303. The molecule has 16 heavy (non-hydrogen) atoms. The summed E-state index contributed by atoms with van der Waals surface area (Å²) in [7, 11) is 2.28. The second kappa shape index (κ2) is 8.08. The first-order valence-corrected chi connectivity index (χ1v) is 7.18. The summed E-state index contributed by atoms with van der Waals surface area (Å²) in [5.41, 5.74) is 0. The van der Waals surface area contributed by atoms with E-state index in [-0.39, 0.29) is 0 Å². The summed E-state index contributed by atoms with van der Waals surface area (Å²) in [4.78, 5) is 2.52. The van der Waals surface area contributed by atoms with Gasteiger partial charge in [-0.1, -0.05) is 13.8 Å². The van der Waals surface area contributed by atoms with Crippen molar-refractivity contribution in [2.45, 2.75) is 58.4 Å². The minimum Gasteiger partial charge on any atom is -0.314 e. The highest BCUT2D eigenvalue weighted by Crippen LogP contribution is 2.29. The van der Waals surface area contributed by atoms with Crippen LogP contribution in [-0.4, -0.2) is 37.6 Å². The lowest BCUT2D eigenvalue weighted by Gasteiger charge is -2.20. The Morgan fingerprint density at radius 1 is 1.31 bits per heavy atom. The smallest absolute Gasteiger partial charge is 0.00649 e. The number of rotatable bonds is 10. The highest BCUT2D eigenvalue weighted by atomic mass is 15.1. The molecular weight excluding hydrogens is 196 g/mol. The van der Waals surface area contributed by atoms with Crippen molar-refractivity contribution in [2.24, 2.45) is 5.92 Å². The van der Waals surface area contributed by atoms with Gasteiger partial charge < -0.3 is 10.2 Å². The van der Waals surface area contributed by atoms with Gasteiger partial charge in [-0.2, -0.15) is 0 Å². The maximum absolute atomic E-state index is 3.63. The molecule has 0 spiro atoms. The molecule has 0 saturated heterocycles. The summed E-state index contributed by atoms with van der Waals surface area (Å²) in [6, 6.07) is 0.745. The van der Waals surface area contributed by atoms with Crippen LogP contribution in [0.4, 0.5) is 0 Å². The van der Waals surface area contributed by atoms with E-state index in [1.54, 1.807) is 0 Å². The molecular formula is C14H30N2. The molecule has 1 atom stereocenters. The molecule has 96 valence electrons. The molecule has 1 fully saturated rings. The van der Waals surface area contributed by atoms with Crippen LogP contribution in [-0.2, 0) is 0 Å². The van der Waals surface area contributed by atoms with E-state index < -0.39 is 0 Å². The van der Waals surface area contributed by atoms with Crippen LogP contribution in [0.2, 0.25) is 0 Å². The van der Waals surface area contributed by atoms with Gasteiger partial charge in [-0.3, -0.25) is 0 Å². The monoisotopic (exact) mass is 226 g/mol. The van der Waals surface area contributed by atoms with Crippen LogP contribution in [0.15, 0.2) is 0 Å². The molecule has 1 aliphatic carbocycles. The molecule has 0 amide bonds. The molecule has 0 radical (unpaired) electrons. The second-order valence-electron chi connectivity index (χ2n) is 5.41. The van der Waals surface area contributed by atoms with E-state index >= 15 is 0 Å². The average Bonchev–Trinajstić information content (AvgIpc) is 3.07. The first-order valence-electron chi connectivity index (χ1n) is 7.18. The van der Waals surface area contributed by atoms with Gasteiger partial charge in [0.15, 0.2) is 0 Å². The van der Waals surface area contributed by atoms with E-state index in [4.69, 9.17) is 0 Å². The molecule has 0 aromatic heterocycles. The fourth-order valence-electron chi connectivity index (χ4n) is 2.24. The predicted octanol–water partition coefficient (Wildman–Crippen LogP) is 2.89. The Kier molecular flexibility index (Phi) is 7.06. The Bertz CT molecular complexity index is 166. The third-order valence-electron chi connectivity index (χ3n) is 3.54. The van der Waals surface area contributed by atoms with Crippen LogP contribution < -0.4 is 5.32 Å². The van der Waals surface area contributed by atoms with Crippen LogP contribution in [0, 0.1) is 5.92 Å². The molecule has 1 saturated carbocycles. The molecule has 0 aliphatic heterocycles. The highest BCUT2D eigenvalue weighted by molar-refractivity contribution is 4.76. The molecule has 0 bridgehead atoms. The lowest BCUT2D eigenvalue weighted by Crippen LogP contribution is -2.30. The zero-order chi connectivity index (χ0) is 11.8. The summed E-state index contributed by atoms with van der Waals surface area (Å²) in [6.45, 7) is 8.32. The van der Waals surface area contributed by atoms with E-state index in [1.165, 1.54) is 58.2 Å². The molecule has 2 heteroatoms. The van der Waals surface area contributed by atoms with E-state index in [1.807, 2.05) is 0 Å². The number of hydrogen-bond acceptors (Lipinski definition) is 2. The molecule has 0 heterocycles. The number of nitrogens with one attached hydrogen (secondary N) is 1. The van der Waals surface area contributed by atoms with E-state index in [0.29, 0.717) is 0 Å². The van der Waals surface area contributed by atoms with Gasteiger partial charge in [-0.25, -0.2) is 0 Å². The summed E-state index contributed by atoms with van der Waals surface area (Å²) in [6.07, 6.45) is 8.15. The van der Waals surface area contributed by atoms with Gasteiger partial charge in [0.05, 0.1) is 0 Å². The predicted molar refractivity (Wildman–Crippen MR) is 71.8 cm³/mol. The van der Waals surface area contributed by atoms with Crippen LogP contribution in [0.5, 0.6) is 0 Å². The fraction of sp³-hybridized carbons (Fsp3) is 1.00. The summed E-state index contributed by atoms with van der Waals surface area (Å²) in [5, 5.41) is 3.63. The van der Waals surface area contributed by atoms with Gasteiger partial charge >= 0.3 is 0 Å².